The molecule has 1 aliphatic heterocycles. The van der Waals surface area contributed by atoms with Crippen molar-refractivity contribution in [2.75, 3.05) is 0 Å². The van der Waals surface area contributed by atoms with Gasteiger partial charge in [-0.05, 0) is 26.7 Å². The lowest BCUT2D eigenvalue weighted by molar-refractivity contribution is -0.117. The normalized spacial score (nSPS) is 29.9. The summed E-state index contributed by atoms with van der Waals surface area (Å²) in [5, 5.41) is 33.4. The number of rotatable bonds is 0. The van der Waals surface area contributed by atoms with Gasteiger partial charge >= 0.3 is 0 Å². The predicted octanol–water partition coefficient (Wildman–Crippen LogP) is 3.68. The summed E-state index contributed by atoms with van der Waals surface area (Å²) >= 11 is 0. The van der Waals surface area contributed by atoms with Crippen molar-refractivity contribution in [1.82, 2.24) is 5.32 Å². The summed E-state index contributed by atoms with van der Waals surface area (Å²) in [6.07, 6.45) is 22.1. The van der Waals surface area contributed by atoms with Crippen LogP contribution in [0.2, 0.25) is 0 Å². The zero-order valence-corrected chi connectivity index (χ0v) is 18.8. The van der Waals surface area contributed by atoms with Crippen LogP contribution in [0.5, 0.6) is 0 Å². The number of nitrogens with one attached hydrogen (secondary N) is 1. The van der Waals surface area contributed by atoms with Crippen LogP contribution in [0.25, 0.3) is 0 Å². The minimum atomic E-state index is -0.817. The van der Waals surface area contributed by atoms with E-state index in [1.54, 1.807) is 30.4 Å². The van der Waals surface area contributed by atoms with E-state index in [4.69, 9.17) is 0 Å². The Bertz CT molecular complexity index is 743. The number of amides is 1. The van der Waals surface area contributed by atoms with E-state index < -0.39 is 18.3 Å². The van der Waals surface area contributed by atoms with Crippen LogP contribution in [0.15, 0.2) is 84.6 Å². The van der Waals surface area contributed by atoms with Gasteiger partial charge in [0.2, 0.25) is 5.91 Å². The maximum absolute atomic E-state index is 11.9. The first kappa shape index (κ1) is 26.6. The van der Waals surface area contributed by atoms with E-state index in [1.807, 2.05) is 63.3 Å². The maximum atomic E-state index is 11.9. The Morgan fingerprint density at radius 3 is 2.32 bits per heavy atom. The second-order valence-corrected chi connectivity index (χ2v) is 7.98. The number of allylic oxidation sites excluding steroid dienone is 10. The molecule has 5 nitrogen and oxygen atoms in total. The molecule has 0 fully saturated rings. The van der Waals surface area contributed by atoms with Crippen LogP contribution in [-0.2, 0) is 4.79 Å². The first-order chi connectivity index (χ1) is 14.8. The zero-order valence-electron chi connectivity index (χ0n) is 18.8. The van der Waals surface area contributed by atoms with Gasteiger partial charge in [-0.1, -0.05) is 85.4 Å². The molecule has 0 saturated heterocycles. The number of aliphatic hydroxyl groups excluding tert-OH is 3. The molecule has 0 aliphatic carbocycles. The predicted molar refractivity (Wildman–Crippen MR) is 127 cm³/mol. The van der Waals surface area contributed by atoms with Crippen LogP contribution in [-0.4, -0.2) is 45.6 Å². The molecule has 0 spiro atoms. The molecule has 0 aromatic heterocycles. The molecule has 170 valence electrons. The molecule has 5 unspecified atom stereocenters. The van der Waals surface area contributed by atoms with Gasteiger partial charge in [0.15, 0.2) is 0 Å². The second-order valence-electron chi connectivity index (χ2n) is 7.98. The Labute approximate surface area is 186 Å². The van der Waals surface area contributed by atoms with Gasteiger partial charge in [0.05, 0.1) is 18.3 Å². The summed E-state index contributed by atoms with van der Waals surface area (Å²) in [7, 11) is 0. The van der Waals surface area contributed by atoms with E-state index in [0.29, 0.717) is 0 Å². The molecule has 0 radical (unpaired) electrons. The van der Waals surface area contributed by atoms with Crippen molar-refractivity contribution in [3.8, 4) is 0 Å². The fourth-order valence-corrected chi connectivity index (χ4v) is 2.89. The highest BCUT2D eigenvalue weighted by atomic mass is 16.3. The van der Waals surface area contributed by atoms with Gasteiger partial charge in [0.1, 0.15) is 0 Å². The van der Waals surface area contributed by atoms with Gasteiger partial charge in [-0.2, -0.15) is 0 Å². The zero-order chi connectivity index (χ0) is 23.1. The standard InChI is InChI=1S/C26H37NO4/c1-20-12-8-10-14-21(2)25(30)19-24(29)18-23(28)16-6-4-5-7-17-26(31)27-22(3)15-11-9-13-20/h4-14,16-17,21-25,28-30H,15,18-19H2,1-3H3,(H,27,31). The molecule has 1 heterocycles. The maximum Gasteiger partial charge on any atom is 0.244 e. The molecule has 31 heavy (non-hydrogen) atoms. The van der Waals surface area contributed by atoms with E-state index in [2.05, 4.69) is 5.32 Å². The Balaban J connectivity index is 2.87. The number of aliphatic hydroxyl groups is 3. The van der Waals surface area contributed by atoms with Crippen LogP contribution >= 0.6 is 0 Å². The average molecular weight is 428 g/mol. The number of carbonyl (C=O) groups is 1. The minimum Gasteiger partial charge on any atom is -0.393 e. The summed E-state index contributed by atoms with van der Waals surface area (Å²) in [5.41, 5.74) is 1.08. The van der Waals surface area contributed by atoms with Gasteiger partial charge in [-0.3, -0.25) is 4.79 Å². The monoisotopic (exact) mass is 427 g/mol. The third-order valence-corrected chi connectivity index (χ3v) is 4.81. The van der Waals surface area contributed by atoms with Crippen molar-refractivity contribution in [2.24, 2.45) is 5.92 Å². The number of hydrogen-bond donors (Lipinski definition) is 4. The largest absolute Gasteiger partial charge is 0.393 e. The SMILES string of the molecule is CC1=CC=CCC(C)NC(=O)C=CC=CC=CC(O)CC(O)CC(O)C(C)C=CC=C1. The first-order valence-electron chi connectivity index (χ1n) is 10.8. The molecule has 1 amide bonds. The molecular formula is C26H37NO4. The van der Waals surface area contributed by atoms with Crippen molar-refractivity contribution >= 4 is 5.91 Å². The highest BCUT2D eigenvalue weighted by molar-refractivity contribution is 5.87. The van der Waals surface area contributed by atoms with Gasteiger partial charge in [-0.25, -0.2) is 0 Å². The van der Waals surface area contributed by atoms with E-state index in [0.717, 1.165) is 12.0 Å². The molecule has 1 aliphatic rings. The minimum absolute atomic E-state index is 0.0180. The molecule has 0 saturated carbocycles. The van der Waals surface area contributed by atoms with Gasteiger partial charge in [0.25, 0.3) is 0 Å². The summed E-state index contributed by atoms with van der Waals surface area (Å²) < 4.78 is 0. The van der Waals surface area contributed by atoms with E-state index in [9.17, 15) is 20.1 Å². The highest BCUT2D eigenvalue weighted by Gasteiger charge is 2.18. The van der Waals surface area contributed by atoms with E-state index >= 15 is 0 Å². The van der Waals surface area contributed by atoms with Gasteiger partial charge < -0.3 is 20.6 Å². The number of carbonyl (C=O) groups excluding carboxylic acids is 1. The smallest absolute Gasteiger partial charge is 0.244 e. The molecule has 5 heteroatoms. The summed E-state index contributed by atoms with van der Waals surface area (Å²) in [6, 6.07) is 0.0180. The molecule has 1 rings (SSSR count). The fraction of sp³-hybridized carbons (Fsp3) is 0.423. The van der Waals surface area contributed by atoms with Crippen molar-refractivity contribution in [1.29, 1.82) is 0 Å². The van der Waals surface area contributed by atoms with Crippen LogP contribution in [0, 0.1) is 5.92 Å². The third kappa shape index (κ3) is 13.4. The first-order valence-corrected chi connectivity index (χ1v) is 10.8. The quantitative estimate of drug-likeness (QED) is 0.475. The van der Waals surface area contributed by atoms with Crippen molar-refractivity contribution in [3.63, 3.8) is 0 Å². The van der Waals surface area contributed by atoms with Gasteiger partial charge in [0, 0.05) is 24.5 Å². The molecule has 0 bridgehead atoms. The summed E-state index contributed by atoms with van der Waals surface area (Å²) in [4.78, 5) is 11.9. The molecule has 4 N–H and O–H groups in total. The van der Waals surface area contributed by atoms with Crippen LogP contribution in [0.3, 0.4) is 0 Å². The number of hydrogen-bond acceptors (Lipinski definition) is 4. The lowest BCUT2D eigenvalue weighted by Crippen LogP contribution is -2.30. The van der Waals surface area contributed by atoms with Crippen molar-refractivity contribution in [2.45, 2.75) is 64.4 Å². The van der Waals surface area contributed by atoms with E-state index in [-0.39, 0.29) is 30.7 Å². The summed E-state index contributed by atoms with van der Waals surface area (Å²) in [6.45, 7) is 5.84. The molecule has 0 aromatic rings. The van der Waals surface area contributed by atoms with Crippen molar-refractivity contribution in [3.05, 3.63) is 84.6 Å². The Hall–Kier alpha value is -2.47. The van der Waals surface area contributed by atoms with Crippen LogP contribution < -0.4 is 5.32 Å². The fourth-order valence-electron chi connectivity index (χ4n) is 2.89. The Morgan fingerprint density at radius 2 is 1.55 bits per heavy atom. The lowest BCUT2D eigenvalue weighted by Gasteiger charge is -2.20. The lowest BCUT2D eigenvalue weighted by atomic mass is 9.96. The summed E-state index contributed by atoms with van der Waals surface area (Å²) in [5.74, 6) is -0.283. The van der Waals surface area contributed by atoms with E-state index in [1.165, 1.54) is 6.08 Å². The topological polar surface area (TPSA) is 89.8 Å². The third-order valence-electron chi connectivity index (χ3n) is 4.81. The molecular weight excluding hydrogens is 390 g/mol. The second kappa shape index (κ2) is 15.3. The molecule has 5 atom stereocenters. The molecule has 0 aromatic carbocycles. The van der Waals surface area contributed by atoms with Crippen LogP contribution in [0.4, 0.5) is 0 Å². The Morgan fingerprint density at radius 1 is 0.871 bits per heavy atom. The highest BCUT2D eigenvalue weighted by Crippen LogP contribution is 2.14. The van der Waals surface area contributed by atoms with Gasteiger partial charge in [-0.15, -0.1) is 0 Å². The van der Waals surface area contributed by atoms with Crippen molar-refractivity contribution < 1.29 is 20.1 Å². The average Bonchev–Trinajstić information content (AvgIpc) is 2.70. The Kier molecular flexibility index (Phi) is 13.2. The van der Waals surface area contributed by atoms with Crippen LogP contribution in [0.1, 0.15) is 40.0 Å².